The smallest absolute Gasteiger partial charge is 0.339 e. The second kappa shape index (κ2) is 5.96. The van der Waals surface area contributed by atoms with E-state index in [1.807, 2.05) is 0 Å². The Morgan fingerprint density at radius 3 is 2.58 bits per heavy atom. The van der Waals surface area contributed by atoms with Crippen LogP contribution in [0.15, 0.2) is 53.3 Å². The molecular formula is C17H12N2O5. The molecule has 3 rings (SSSR count). The highest BCUT2D eigenvalue weighted by molar-refractivity contribution is 6.03. The van der Waals surface area contributed by atoms with Crippen LogP contribution in [0.25, 0.3) is 22.0 Å². The number of nitro benzene ring substituents is 1. The van der Waals surface area contributed by atoms with Crippen LogP contribution < -0.4 is 5.56 Å². The van der Waals surface area contributed by atoms with Crippen LogP contribution in [0.2, 0.25) is 0 Å². The number of H-pyrrole nitrogens is 1. The second-order valence-corrected chi connectivity index (χ2v) is 5.05. The Labute approximate surface area is 135 Å². The number of nitrogens with one attached hydrogen (secondary N) is 1. The van der Waals surface area contributed by atoms with E-state index < -0.39 is 16.5 Å². The van der Waals surface area contributed by atoms with Gasteiger partial charge in [-0.25, -0.2) is 4.79 Å². The first kappa shape index (κ1) is 15.4. The quantitative estimate of drug-likeness (QED) is 0.453. The molecule has 2 aromatic carbocycles. The molecule has 7 heteroatoms. The minimum absolute atomic E-state index is 0.161. The number of nitrogens with zero attached hydrogens (tertiary/aromatic N) is 1. The van der Waals surface area contributed by atoms with E-state index in [2.05, 4.69) is 4.98 Å². The van der Waals surface area contributed by atoms with Gasteiger partial charge in [-0.05, 0) is 23.6 Å². The van der Waals surface area contributed by atoms with E-state index in [4.69, 9.17) is 4.74 Å². The molecule has 0 fully saturated rings. The molecule has 0 radical (unpaired) electrons. The van der Waals surface area contributed by atoms with Crippen LogP contribution in [0.3, 0.4) is 0 Å². The number of rotatable bonds is 3. The summed E-state index contributed by atoms with van der Waals surface area (Å²) in [5, 5.41) is 11.8. The standard InChI is InChI=1S/C17H12N2O5/c1-24-17(21)12-7-4-5-10-9-13(16(20)18-15(10)12)11-6-2-3-8-14(11)19(22)23/h2-9H,1H3,(H,18,20). The summed E-state index contributed by atoms with van der Waals surface area (Å²) in [6.07, 6.45) is 0. The molecule has 7 nitrogen and oxygen atoms in total. The zero-order chi connectivity index (χ0) is 17.3. The van der Waals surface area contributed by atoms with Crippen LogP contribution in [-0.4, -0.2) is 23.0 Å². The van der Waals surface area contributed by atoms with Crippen LogP contribution in [0.4, 0.5) is 5.69 Å². The maximum absolute atomic E-state index is 12.4. The average Bonchev–Trinajstić information content (AvgIpc) is 2.60. The van der Waals surface area contributed by atoms with Crippen molar-refractivity contribution < 1.29 is 14.5 Å². The fourth-order valence-corrected chi connectivity index (χ4v) is 2.57. The summed E-state index contributed by atoms with van der Waals surface area (Å²) >= 11 is 0. The topological polar surface area (TPSA) is 102 Å². The first-order chi connectivity index (χ1) is 11.5. The summed E-state index contributed by atoms with van der Waals surface area (Å²) in [6, 6.07) is 12.4. The van der Waals surface area contributed by atoms with E-state index in [-0.39, 0.29) is 22.4 Å². The molecule has 0 aliphatic carbocycles. The summed E-state index contributed by atoms with van der Waals surface area (Å²) in [5.41, 5.74) is 0.253. The molecule has 0 aliphatic rings. The average molecular weight is 324 g/mol. The normalized spacial score (nSPS) is 10.5. The molecular weight excluding hydrogens is 312 g/mol. The van der Waals surface area contributed by atoms with Crippen LogP contribution >= 0.6 is 0 Å². The van der Waals surface area contributed by atoms with Crippen molar-refractivity contribution in [3.8, 4) is 11.1 Å². The van der Waals surface area contributed by atoms with Crippen LogP contribution in [0, 0.1) is 10.1 Å². The number of pyridine rings is 1. The predicted octanol–water partition coefficient (Wildman–Crippen LogP) is 2.89. The molecule has 0 unspecified atom stereocenters. The minimum Gasteiger partial charge on any atom is -0.465 e. The number of para-hydroxylation sites is 2. The van der Waals surface area contributed by atoms with Gasteiger partial charge < -0.3 is 9.72 Å². The lowest BCUT2D eigenvalue weighted by Gasteiger charge is -2.07. The third-order valence-electron chi connectivity index (χ3n) is 3.68. The molecule has 120 valence electrons. The number of benzene rings is 2. The Balaban J connectivity index is 2.30. The molecule has 0 spiro atoms. The first-order valence-corrected chi connectivity index (χ1v) is 7.01. The van der Waals surface area contributed by atoms with Crippen molar-refractivity contribution in [3.05, 3.63) is 74.6 Å². The van der Waals surface area contributed by atoms with E-state index >= 15 is 0 Å². The van der Waals surface area contributed by atoms with Crippen LogP contribution in [-0.2, 0) is 4.74 Å². The van der Waals surface area contributed by atoms with E-state index in [1.165, 1.54) is 37.4 Å². The molecule has 0 amide bonds. The van der Waals surface area contributed by atoms with E-state index in [0.717, 1.165) is 0 Å². The molecule has 3 aromatic rings. The summed E-state index contributed by atoms with van der Waals surface area (Å²) in [5.74, 6) is -0.574. The van der Waals surface area contributed by atoms with Crippen LogP contribution in [0.1, 0.15) is 10.4 Å². The molecule has 1 N–H and O–H groups in total. The number of carbonyl (C=O) groups excluding carboxylic acids is 1. The highest BCUT2D eigenvalue weighted by atomic mass is 16.6. The van der Waals surface area contributed by atoms with Gasteiger partial charge in [-0.2, -0.15) is 0 Å². The highest BCUT2D eigenvalue weighted by Gasteiger charge is 2.19. The Hall–Kier alpha value is -3.48. The maximum Gasteiger partial charge on any atom is 0.339 e. The van der Waals surface area contributed by atoms with Gasteiger partial charge >= 0.3 is 5.97 Å². The molecule has 0 atom stereocenters. The first-order valence-electron chi connectivity index (χ1n) is 7.01. The van der Waals surface area contributed by atoms with Crippen molar-refractivity contribution in [1.29, 1.82) is 0 Å². The van der Waals surface area contributed by atoms with Crippen molar-refractivity contribution in [3.63, 3.8) is 0 Å². The molecule has 0 saturated carbocycles. The van der Waals surface area contributed by atoms with Crippen molar-refractivity contribution in [1.82, 2.24) is 4.98 Å². The molecule has 0 saturated heterocycles. The number of aromatic nitrogens is 1. The van der Waals surface area contributed by atoms with Gasteiger partial charge in [0.2, 0.25) is 0 Å². The summed E-state index contributed by atoms with van der Waals surface area (Å²) in [6.45, 7) is 0. The van der Waals surface area contributed by atoms with E-state index in [9.17, 15) is 19.7 Å². The van der Waals surface area contributed by atoms with Crippen molar-refractivity contribution in [2.45, 2.75) is 0 Å². The molecule has 1 heterocycles. The number of methoxy groups -OCH3 is 1. The Kier molecular flexibility index (Phi) is 3.83. The van der Waals surface area contributed by atoms with E-state index in [0.29, 0.717) is 10.9 Å². The molecule has 0 aliphatic heterocycles. The summed E-state index contributed by atoms with van der Waals surface area (Å²) in [7, 11) is 1.25. The maximum atomic E-state index is 12.4. The number of hydrogen-bond acceptors (Lipinski definition) is 5. The summed E-state index contributed by atoms with van der Waals surface area (Å²) in [4.78, 5) is 37.5. The predicted molar refractivity (Wildman–Crippen MR) is 88.0 cm³/mol. The lowest BCUT2D eigenvalue weighted by Crippen LogP contribution is -2.12. The van der Waals surface area contributed by atoms with Gasteiger partial charge in [0.15, 0.2) is 0 Å². The monoisotopic (exact) mass is 324 g/mol. The zero-order valence-electron chi connectivity index (χ0n) is 12.6. The molecule has 24 heavy (non-hydrogen) atoms. The van der Waals surface area contributed by atoms with Crippen molar-refractivity contribution in [2.24, 2.45) is 0 Å². The third-order valence-corrected chi connectivity index (χ3v) is 3.68. The van der Waals surface area contributed by atoms with Crippen LogP contribution in [0.5, 0.6) is 0 Å². The zero-order valence-corrected chi connectivity index (χ0v) is 12.6. The number of carbonyl (C=O) groups is 1. The number of hydrogen-bond donors (Lipinski definition) is 1. The lowest BCUT2D eigenvalue weighted by atomic mass is 10.0. The van der Waals surface area contributed by atoms with Gasteiger partial charge in [0.05, 0.1) is 34.2 Å². The number of ether oxygens (including phenoxy) is 1. The van der Waals surface area contributed by atoms with Gasteiger partial charge in [0.25, 0.3) is 11.2 Å². The minimum atomic E-state index is -0.574. The highest BCUT2D eigenvalue weighted by Crippen LogP contribution is 2.29. The Bertz CT molecular complexity index is 1020. The largest absolute Gasteiger partial charge is 0.465 e. The lowest BCUT2D eigenvalue weighted by molar-refractivity contribution is -0.384. The van der Waals surface area contributed by atoms with Crippen molar-refractivity contribution >= 4 is 22.6 Å². The SMILES string of the molecule is COC(=O)c1cccc2cc(-c3ccccc3[N+](=O)[O-])c(=O)[nH]c12. The van der Waals surface area contributed by atoms with Gasteiger partial charge in [0, 0.05) is 6.07 Å². The van der Waals surface area contributed by atoms with Gasteiger partial charge in [-0.3, -0.25) is 14.9 Å². The fourth-order valence-electron chi connectivity index (χ4n) is 2.57. The number of fused-ring (bicyclic) bond motifs is 1. The van der Waals surface area contributed by atoms with Gasteiger partial charge in [0.1, 0.15) is 0 Å². The molecule has 0 bridgehead atoms. The van der Waals surface area contributed by atoms with Gasteiger partial charge in [-0.1, -0.05) is 24.3 Å². The summed E-state index contributed by atoms with van der Waals surface area (Å²) < 4.78 is 4.70. The number of aromatic amines is 1. The third kappa shape index (κ3) is 2.52. The van der Waals surface area contributed by atoms with Crippen molar-refractivity contribution in [2.75, 3.05) is 7.11 Å². The van der Waals surface area contributed by atoms with E-state index in [1.54, 1.807) is 18.2 Å². The number of nitro groups is 1. The van der Waals surface area contributed by atoms with Gasteiger partial charge in [-0.15, -0.1) is 0 Å². The Morgan fingerprint density at radius 2 is 1.88 bits per heavy atom. The number of esters is 1. The second-order valence-electron chi connectivity index (χ2n) is 5.05. The molecule has 1 aromatic heterocycles. The fraction of sp³-hybridized carbons (Fsp3) is 0.0588. The Morgan fingerprint density at radius 1 is 1.12 bits per heavy atom.